The van der Waals surface area contributed by atoms with Crippen molar-refractivity contribution in [3.8, 4) is 0 Å². The van der Waals surface area contributed by atoms with E-state index in [0.717, 1.165) is 37.7 Å². The molecular weight excluding hydrogens is 228 g/mol. The van der Waals surface area contributed by atoms with E-state index >= 15 is 0 Å². The molecule has 1 aromatic rings. The highest BCUT2D eigenvalue weighted by atomic mass is 35.5. The highest BCUT2D eigenvalue weighted by molar-refractivity contribution is 7.12. The first-order valence-electron chi connectivity index (χ1n) is 5.36. The number of piperazine rings is 1. The van der Waals surface area contributed by atoms with Crippen molar-refractivity contribution < 1.29 is 0 Å². The minimum absolute atomic E-state index is 0.982. The van der Waals surface area contributed by atoms with E-state index in [4.69, 9.17) is 11.6 Å². The van der Waals surface area contributed by atoms with Crippen LogP contribution in [0.4, 0.5) is 0 Å². The number of rotatable bonds is 2. The molecule has 1 N–H and O–H groups in total. The lowest BCUT2D eigenvalue weighted by Gasteiger charge is -2.27. The summed E-state index contributed by atoms with van der Waals surface area (Å²) in [6.45, 7) is 9.73. The van der Waals surface area contributed by atoms with Gasteiger partial charge in [0.05, 0.1) is 5.02 Å². The molecule has 2 heterocycles. The third-order valence-electron chi connectivity index (χ3n) is 2.90. The van der Waals surface area contributed by atoms with E-state index in [0.29, 0.717) is 0 Å². The third-order valence-corrected chi connectivity index (χ3v) is 4.58. The maximum Gasteiger partial charge on any atom is 0.0589 e. The first kappa shape index (κ1) is 11.4. The number of thiophene rings is 1. The van der Waals surface area contributed by atoms with E-state index in [2.05, 4.69) is 24.1 Å². The molecule has 0 amide bonds. The Labute approximate surface area is 100 Å². The molecular formula is C11H17ClN2S. The van der Waals surface area contributed by atoms with Gasteiger partial charge in [0.15, 0.2) is 0 Å². The van der Waals surface area contributed by atoms with E-state index in [1.807, 2.05) is 11.3 Å². The molecule has 1 fully saturated rings. The zero-order chi connectivity index (χ0) is 10.8. The second kappa shape index (κ2) is 4.83. The standard InChI is InChI=1S/C11H17ClN2S/c1-8-10(11(12)9(2)15-8)7-14-5-3-13-4-6-14/h13H,3-7H2,1-2H3. The van der Waals surface area contributed by atoms with Gasteiger partial charge in [0.25, 0.3) is 0 Å². The monoisotopic (exact) mass is 244 g/mol. The first-order chi connectivity index (χ1) is 7.18. The molecule has 84 valence electrons. The summed E-state index contributed by atoms with van der Waals surface area (Å²) in [4.78, 5) is 5.09. The lowest BCUT2D eigenvalue weighted by atomic mass is 10.2. The number of aryl methyl sites for hydroxylation is 2. The summed E-state index contributed by atoms with van der Waals surface area (Å²) >= 11 is 8.11. The van der Waals surface area contributed by atoms with E-state index < -0.39 is 0 Å². The van der Waals surface area contributed by atoms with Gasteiger partial charge in [0, 0.05) is 42.5 Å². The maximum absolute atomic E-state index is 6.30. The summed E-state index contributed by atoms with van der Waals surface area (Å²) in [5.74, 6) is 0. The molecule has 2 nitrogen and oxygen atoms in total. The Balaban J connectivity index is 2.09. The molecule has 0 aromatic carbocycles. The molecule has 0 bridgehead atoms. The molecule has 0 spiro atoms. The fraction of sp³-hybridized carbons (Fsp3) is 0.636. The highest BCUT2D eigenvalue weighted by Gasteiger charge is 2.16. The van der Waals surface area contributed by atoms with E-state index in [1.54, 1.807) is 0 Å². The number of nitrogens with zero attached hydrogens (tertiary/aromatic N) is 1. The molecule has 0 radical (unpaired) electrons. The molecule has 2 rings (SSSR count). The highest BCUT2D eigenvalue weighted by Crippen LogP contribution is 2.32. The van der Waals surface area contributed by atoms with E-state index in [9.17, 15) is 0 Å². The largest absolute Gasteiger partial charge is 0.314 e. The van der Waals surface area contributed by atoms with Crippen LogP contribution in [-0.2, 0) is 6.54 Å². The summed E-state index contributed by atoms with van der Waals surface area (Å²) in [5.41, 5.74) is 1.33. The molecule has 0 aliphatic carbocycles. The zero-order valence-corrected chi connectivity index (χ0v) is 10.8. The number of halogens is 1. The van der Waals surface area contributed by atoms with Crippen LogP contribution in [0.25, 0.3) is 0 Å². The summed E-state index contributed by atoms with van der Waals surface area (Å²) in [5, 5.41) is 4.35. The van der Waals surface area contributed by atoms with Gasteiger partial charge in [-0.2, -0.15) is 0 Å². The average molecular weight is 245 g/mol. The Hall–Kier alpha value is -0.0900. The van der Waals surface area contributed by atoms with E-state index in [-0.39, 0.29) is 0 Å². The predicted molar refractivity (Wildman–Crippen MR) is 66.9 cm³/mol. The van der Waals surface area contributed by atoms with Crippen molar-refractivity contribution in [2.45, 2.75) is 20.4 Å². The minimum atomic E-state index is 0.982. The molecule has 4 heteroatoms. The second-order valence-electron chi connectivity index (χ2n) is 4.03. The van der Waals surface area contributed by atoms with Gasteiger partial charge in [-0.1, -0.05) is 11.6 Å². The molecule has 15 heavy (non-hydrogen) atoms. The van der Waals surface area contributed by atoms with Crippen LogP contribution < -0.4 is 5.32 Å². The van der Waals surface area contributed by atoms with Crippen molar-refractivity contribution >= 4 is 22.9 Å². The van der Waals surface area contributed by atoms with Crippen LogP contribution in [-0.4, -0.2) is 31.1 Å². The van der Waals surface area contributed by atoms with Crippen molar-refractivity contribution in [1.29, 1.82) is 0 Å². The quantitative estimate of drug-likeness (QED) is 0.860. The molecule has 1 saturated heterocycles. The smallest absolute Gasteiger partial charge is 0.0589 e. The van der Waals surface area contributed by atoms with Crippen molar-refractivity contribution in [3.05, 3.63) is 20.3 Å². The Bertz CT molecular complexity index is 343. The van der Waals surface area contributed by atoms with Crippen molar-refractivity contribution in [1.82, 2.24) is 10.2 Å². The summed E-state index contributed by atoms with van der Waals surface area (Å²) in [7, 11) is 0. The number of hydrogen-bond acceptors (Lipinski definition) is 3. The maximum atomic E-state index is 6.30. The van der Waals surface area contributed by atoms with Gasteiger partial charge in [0.1, 0.15) is 0 Å². The molecule has 0 saturated carbocycles. The lowest BCUT2D eigenvalue weighted by molar-refractivity contribution is 0.233. The van der Waals surface area contributed by atoms with Crippen LogP contribution >= 0.6 is 22.9 Å². The van der Waals surface area contributed by atoms with Crippen molar-refractivity contribution in [2.24, 2.45) is 0 Å². The molecule has 0 unspecified atom stereocenters. The molecule has 1 aromatic heterocycles. The Morgan fingerprint density at radius 1 is 1.27 bits per heavy atom. The second-order valence-corrected chi connectivity index (χ2v) is 5.84. The zero-order valence-electron chi connectivity index (χ0n) is 9.27. The SMILES string of the molecule is Cc1sc(C)c(CN2CCNCC2)c1Cl. The predicted octanol–water partition coefficient (Wildman–Crippen LogP) is 2.42. The van der Waals surface area contributed by atoms with Gasteiger partial charge < -0.3 is 5.32 Å². The van der Waals surface area contributed by atoms with Crippen LogP contribution in [0, 0.1) is 13.8 Å². The van der Waals surface area contributed by atoms with Crippen LogP contribution in [0.15, 0.2) is 0 Å². The van der Waals surface area contributed by atoms with Gasteiger partial charge in [-0.05, 0) is 19.4 Å². The summed E-state index contributed by atoms with van der Waals surface area (Å²) in [6.07, 6.45) is 0. The van der Waals surface area contributed by atoms with Gasteiger partial charge in [-0.3, -0.25) is 4.90 Å². The van der Waals surface area contributed by atoms with Gasteiger partial charge in [0.2, 0.25) is 0 Å². The first-order valence-corrected chi connectivity index (χ1v) is 6.55. The normalized spacial score (nSPS) is 18.3. The van der Waals surface area contributed by atoms with Crippen LogP contribution in [0.3, 0.4) is 0 Å². The van der Waals surface area contributed by atoms with Crippen LogP contribution in [0.5, 0.6) is 0 Å². The van der Waals surface area contributed by atoms with Gasteiger partial charge >= 0.3 is 0 Å². The Morgan fingerprint density at radius 2 is 1.93 bits per heavy atom. The number of nitrogens with one attached hydrogen (secondary N) is 1. The van der Waals surface area contributed by atoms with Gasteiger partial charge in [-0.15, -0.1) is 11.3 Å². The summed E-state index contributed by atoms with van der Waals surface area (Å²) < 4.78 is 0. The Kier molecular flexibility index (Phi) is 3.67. The minimum Gasteiger partial charge on any atom is -0.314 e. The van der Waals surface area contributed by atoms with Crippen molar-refractivity contribution in [2.75, 3.05) is 26.2 Å². The number of hydrogen-bond donors (Lipinski definition) is 1. The third kappa shape index (κ3) is 2.53. The van der Waals surface area contributed by atoms with Crippen LogP contribution in [0.1, 0.15) is 15.3 Å². The molecule has 0 atom stereocenters. The van der Waals surface area contributed by atoms with Gasteiger partial charge in [-0.25, -0.2) is 0 Å². The molecule has 1 aliphatic heterocycles. The molecule has 1 aliphatic rings. The topological polar surface area (TPSA) is 15.3 Å². The fourth-order valence-electron chi connectivity index (χ4n) is 1.98. The fourth-order valence-corrected chi connectivity index (χ4v) is 3.31. The Morgan fingerprint density at radius 3 is 2.47 bits per heavy atom. The summed E-state index contributed by atoms with van der Waals surface area (Å²) in [6, 6.07) is 0. The lowest BCUT2D eigenvalue weighted by Crippen LogP contribution is -2.42. The van der Waals surface area contributed by atoms with Crippen molar-refractivity contribution in [3.63, 3.8) is 0 Å². The average Bonchev–Trinajstić information content (AvgIpc) is 2.47. The van der Waals surface area contributed by atoms with Crippen LogP contribution in [0.2, 0.25) is 5.02 Å². The van der Waals surface area contributed by atoms with E-state index in [1.165, 1.54) is 15.3 Å².